The molecule has 11 heteroatoms. The lowest BCUT2D eigenvalue weighted by Gasteiger charge is -2.20. The van der Waals surface area contributed by atoms with Gasteiger partial charge in [0.1, 0.15) is 24.6 Å². The summed E-state index contributed by atoms with van der Waals surface area (Å²) in [6, 6.07) is 14.3. The van der Waals surface area contributed by atoms with Crippen LogP contribution in [0.25, 0.3) is 21.9 Å². The van der Waals surface area contributed by atoms with Crippen molar-refractivity contribution >= 4 is 22.7 Å². The second-order valence-corrected chi connectivity index (χ2v) is 10.5. The Labute approximate surface area is 256 Å². The van der Waals surface area contributed by atoms with E-state index in [1.54, 1.807) is 57.3 Å². The maximum absolute atomic E-state index is 13.2. The molecule has 0 aliphatic rings. The van der Waals surface area contributed by atoms with Crippen LogP contribution in [0.2, 0.25) is 0 Å². The zero-order valence-electron chi connectivity index (χ0n) is 25.9. The number of carbonyl (C=O) groups is 2. The maximum Gasteiger partial charge on any atom is 0.357 e. The number of hydrogen-bond acceptors (Lipinski definition) is 11. The molecule has 0 aliphatic carbocycles. The molecule has 0 N–H and O–H groups in total. The molecule has 0 saturated carbocycles. The van der Waals surface area contributed by atoms with Gasteiger partial charge in [-0.15, -0.1) is 0 Å². The number of methoxy groups -OCH3 is 4. The summed E-state index contributed by atoms with van der Waals surface area (Å²) in [4.78, 5) is 34.4. The summed E-state index contributed by atoms with van der Waals surface area (Å²) >= 11 is 0. The van der Waals surface area contributed by atoms with Crippen molar-refractivity contribution in [2.75, 3.05) is 35.0 Å². The van der Waals surface area contributed by atoms with Crippen LogP contribution in [0, 0.1) is 0 Å². The first kappa shape index (κ1) is 31.9. The molecule has 0 atom stereocenters. The van der Waals surface area contributed by atoms with E-state index in [0.717, 1.165) is 5.69 Å². The number of ether oxygens (including phenoxy) is 7. The summed E-state index contributed by atoms with van der Waals surface area (Å²) < 4.78 is 39.2. The molecule has 4 aromatic rings. The van der Waals surface area contributed by atoms with E-state index in [9.17, 15) is 9.59 Å². The lowest BCUT2D eigenvalue weighted by molar-refractivity contribution is -0.155. The summed E-state index contributed by atoms with van der Waals surface area (Å²) in [5.74, 6) is 0.680. The molecule has 11 nitrogen and oxygen atoms in total. The van der Waals surface area contributed by atoms with Gasteiger partial charge in [0.05, 0.1) is 40.6 Å². The molecule has 44 heavy (non-hydrogen) atoms. The third-order valence-electron chi connectivity index (χ3n) is 6.35. The number of carbonyl (C=O) groups excluding carboxylic acids is 2. The van der Waals surface area contributed by atoms with Gasteiger partial charge in [0.25, 0.3) is 0 Å². The van der Waals surface area contributed by atoms with Gasteiger partial charge in [-0.3, -0.25) is 9.78 Å². The maximum atomic E-state index is 13.2. The molecular formula is C33H36N2O9. The number of benzene rings is 2. The normalized spacial score (nSPS) is 11.1. The molecule has 0 saturated heterocycles. The Morgan fingerprint density at radius 1 is 0.841 bits per heavy atom. The van der Waals surface area contributed by atoms with Gasteiger partial charge >= 0.3 is 11.9 Å². The number of rotatable bonds is 12. The first-order valence-electron chi connectivity index (χ1n) is 13.8. The standard InChI is InChI=1S/C33H36N2O9/c1-33(2,3)44-27(36)13-15-42-31-24-18-22(43-19-21-10-8-9-14-34-21)11-12-23(24)28(29(35-31)32(37)41-7)20-16-25(38-4)30(40-6)26(17-20)39-5/h8-12,14,16-18H,13,15,19H2,1-7H3. The van der Waals surface area contributed by atoms with E-state index in [-0.39, 0.29) is 31.2 Å². The van der Waals surface area contributed by atoms with E-state index in [2.05, 4.69) is 9.97 Å². The van der Waals surface area contributed by atoms with Gasteiger partial charge in [0.15, 0.2) is 17.2 Å². The fraction of sp³-hybridized carbons (Fsp3) is 0.333. The van der Waals surface area contributed by atoms with Crippen LogP contribution in [0.15, 0.2) is 54.7 Å². The molecule has 4 rings (SSSR count). The lowest BCUT2D eigenvalue weighted by Crippen LogP contribution is -2.24. The highest BCUT2D eigenvalue weighted by Crippen LogP contribution is 2.45. The van der Waals surface area contributed by atoms with Crippen molar-refractivity contribution in [1.82, 2.24) is 9.97 Å². The summed E-state index contributed by atoms with van der Waals surface area (Å²) in [6.07, 6.45) is 1.66. The van der Waals surface area contributed by atoms with Crippen LogP contribution in [0.1, 0.15) is 43.4 Å². The SMILES string of the molecule is COC(=O)c1nc(OCCC(=O)OC(C)(C)C)c2cc(OCc3ccccn3)ccc2c1-c1cc(OC)c(OC)c(OC)c1. The summed E-state index contributed by atoms with van der Waals surface area (Å²) in [7, 11) is 5.79. The summed E-state index contributed by atoms with van der Waals surface area (Å²) in [6.45, 7) is 5.56. The van der Waals surface area contributed by atoms with Crippen LogP contribution >= 0.6 is 0 Å². The topological polar surface area (TPSA) is 125 Å². The van der Waals surface area contributed by atoms with E-state index >= 15 is 0 Å². The molecule has 0 unspecified atom stereocenters. The van der Waals surface area contributed by atoms with E-state index < -0.39 is 17.5 Å². The van der Waals surface area contributed by atoms with E-state index in [0.29, 0.717) is 44.9 Å². The van der Waals surface area contributed by atoms with Crippen LogP contribution in [-0.4, -0.2) is 62.6 Å². The highest BCUT2D eigenvalue weighted by Gasteiger charge is 2.25. The zero-order chi connectivity index (χ0) is 31.9. The van der Waals surface area contributed by atoms with Crippen molar-refractivity contribution in [2.24, 2.45) is 0 Å². The van der Waals surface area contributed by atoms with Crippen LogP contribution in [0.5, 0.6) is 28.9 Å². The van der Waals surface area contributed by atoms with Crippen LogP contribution in [0.4, 0.5) is 0 Å². The zero-order valence-corrected chi connectivity index (χ0v) is 25.9. The van der Waals surface area contributed by atoms with E-state index in [1.165, 1.54) is 28.4 Å². The molecule has 0 fully saturated rings. The van der Waals surface area contributed by atoms with Crippen molar-refractivity contribution in [3.05, 3.63) is 66.1 Å². The van der Waals surface area contributed by atoms with Crippen molar-refractivity contribution in [2.45, 2.75) is 39.4 Å². The Hall–Kier alpha value is -5.06. The second-order valence-electron chi connectivity index (χ2n) is 10.5. The van der Waals surface area contributed by atoms with Gasteiger partial charge in [-0.05, 0) is 74.2 Å². The predicted octanol–water partition coefficient (Wildman–Crippen LogP) is 5.80. The third kappa shape index (κ3) is 7.47. The Morgan fingerprint density at radius 3 is 2.16 bits per heavy atom. The van der Waals surface area contributed by atoms with Gasteiger partial charge in [-0.25, -0.2) is 9.78 Å². The molecule has 232 valence electrons. The smallest absolute Gasteiger partial charge is 0.357 e. The number of fused-ring (bicyclic) bond motifs is 1. The first-order valence-corrected chi connectivity index (χ1v) is 13.8. The molecule has 0 amide bonds. The van der Waals surface area contributed by atoms with Crippen LogP contribution < -0.4 is 23.7 Å². The van der Waals surface area contributed by atoms with E-state index in [1.807, 2.05) is 18.2 Å². The fourth-order valence-corrected chi connectivity index (χ4v) is 4.49. The van der Waals surface area contributed by atoms with Crippen LogP contribution in [-0.2, 0) is 20.9 Å². The van der Waals surface area contributed by atoms with E-state index in [4.69, 9.17) is 33.2 Å². The number of hydrogen-bond donors (Lipinski definition) is 0. The van der Waals surface area contributed by atoms with Crippen molar-refractivity contribution < 1.29 is 42.7 Å². The molecule has 0 bridgehead atoms. The average molecular weight is 605 g/mol. The van der Waals surface area contributed by atoms with Gasteiger partial charge < -0.3 is 33.2 Å². The van der Waals surface area contributed by atoms with Gasteiger partial charge in [0.2, 0.25) is 11.6 Å². The molecule has 2 aromatic heterocycles. The minimum Gasteiger partial charge on any atom is -0.493 e. The lowest BCUT2D eigenvalue weighted by atomic mass is 9.96. The first-order chi connectivity index (χ1) is 21.1. The van der Waals surface area contributed by atoms with Gasteiger partial charge in [-0.1, -0.05) is 6.07 Å². The summed E-state index contributed by atoms with van der Waals surface area (Å²) in [5, 5.41) is 1.14. The second kappa shape index (κ2) is 13.9. The predicted molar refractivity (Wildman–Crippen MR) is 163 cm³/mol. The number of aromatic nitrogens is 2. The minimum atomic E-state index is -0.692. The van der Waals surface area contributed by atoms with Crippen molar-refractivity contribution in [1.29, 1.82) is 0 Å². The van der Waals surface area contributed by atoms with Gasteiger partial charge in [-0.2, -0.15) is 0 Å². The average Bonchev–Trinajstić information content (AvgIpc) is 3.01. The molecule has 0 aliphatic heterocycles. The quantitative estimate of drug-likeness (QED) is 0.182. The Kier molecular flexibility index (Phi) is 10.1. The van der Waals surface area contributed by atoms with Gasteiger partial charge in [0, 0.05) is 17.1 Å². The van der Waals surface area contributed by atoms with Crippen molar-refractivity contribution in [3.63, 3.8) is 0 Å². The molecule has 0 spiro atoms. The Morgan fingerprint density at radius 2 is 1.57 bits per heavy atom. The number of nitrogens with zero attached hydrogens (tertiary/aromatic N) is 2. The highest BCUT2D eigenvalue weighted by atomic mass is 16.6. The molecule has 0 radical (unpaired) electrons. The minimum absolute atomic E-state index is 0.0105. The number of pyridine rings is 2. The Balaban J connectivity index is 1.87. The number of esters is 2. The summed E-state index contributed by atoms with van der Waals surface area (Å²) in [5.41, 5.74) is 1.10. The monoisotopic (exact) mass is 604 g/mol. The third-order valence-corrected chi connectivity index (χ3v) is 6.35. The highest BCUT2D eigenvalue weighted by molar-refractivity contribution is 6.08. The largest absolute Gasteiger partial charge is 0.493 e. The van der Waals surface area contributed by atoms with Crippen LogP contribution in [0.3, 0.4) is 0 Å². The molecule has 2 aromatic carbocycles. The Bertz CT molecular complexity index is 1610. The van der Waals surface area contributed by atoms with Crippen molar-refractivity contribution in [3.8, 4) is 40.0 Å². The fourth-order valence-electron chi connectivity index (χ4n) is 4.49. The molecular weight excluding hydrogens is 568 g/mol. The molecule has 2 heterocycles.